The first-order valence-electron chi connectivity index (χ1n) is 9.42. The van der Waals surface area contributed by atoms with Gasteiger partial charge in [-0.1, -0.05) is 0 Å². The van der Waals surface area contributed by atoms with Crippen LogP contribution in [0.15, 0.2) is 93.3 Å². The van der Waals surface area contributed by atoms with E-state index in [0.29, 0.717) is 29.3 Å². The summed E-state index contributed by atoms with van der Waals surface area (Å²) in [5.41, 5.74) is 2.29. The largest absolute Gasteiger partial charge is 0.416 e. The van der Waals surface area contributed by atoms with Gasteiger partial charge in [0.1, 0.15) is 0 Å². The lowest BCUT2D eigenvalue weighted by Crippen LogP contribution is -2.14. The van der Waals surface area contributed by atoms with Crippen molar-refractivity contribution in [3.05, 3.63) is 78.4 Å². The molecule has 0 aliphatic rings. The van der Waals surface area contributed by atoms with Crippen LogP contribution in [0.4, 0.5) is 41.6 Å². The van der Waals surface area contributed by atoms with Crippen LogP contribution in [0.5, 0.6) is 0 Å². The number of anilines is 1. The molecule has 0 saturated heterocycles. The predicted octanol–water partition coefficient (Wildman–Crippen LogP) is 7.33. The maximum Gasteiger partial charge on any atom is 0.416 e. The number of aliphatic hydroxyl groups excluding tert-OH is 1. The molecule has 160 valence electrons. The van der Waals surface area contributed by atoms with Gasteiger partial charge in [0.25, 0.3) is 0 Å². The van der Waals surface area contributed by atoms with Crippen LogP contribution < -0.4 is 5.32 Å². The van der Waals surface area contributed by atoms with Crippen LogP contribution in [-0.2, 0) is 6.18 Å². The molecular weight excluding hydrogens is 407 g/mol. The highest BCUT2D eigenvalue weighted by Gasteiger charge is 2.29. The third-order valence-corrected chi connectivity index (χ3v) is 4.08. The van der Waals surface area contributed by atoms with E-state index in [1.165, 1.54) is 12.1 Å². The van der Waals surface area contributed by atoms with Gasteiger partial charge < -0.3 is 10.4 Å². The van der Waals surface area contributed by atoms with Crippen molar-refractivity contribution >= 4 is 28.4 Å². The molecule has 2 N–H and O–H groups in total. The second-order valence-electron chi connectivity index (χ2n) is 6.74. The van der Waals surface area contributed by atoms with E-state index in [1.807, 2.05) is 12.1 Å². The molecule has 0 bridgehead atoms. The smallest absolute Gasteiger partial charge is 0.392 e. The zero-order chi connectivity index (χ0) is 22.3. The van der Waals surface area contributed by atoms with Crippen LogP contribution >= 0.6 is 0 Å². The summed E-state index contributed by atoms with van der Waals surface area (Å²) < 4.78 is 37.7. The highest BCUT2D eigenvalue weighted by molar-refractivity contribution is 5.52. The van der Waals surface area contributed by atoms with Crippen LogP contribution in [0.1, 0.15) is 12.5 Å². The van der Waals surface area contributed by atoms with Crippen LogP contribution in [0, 0.1) is 0 Å². The number of hydrogen-bond donors (Lipinski definition) is 2. The number of azo groups is 2. The minimum atomic E-state index is -4.38. The van der Waals surface area contributed by atoms with Gasteiger partial charge in [-0.25, -0.2) is 0 Å². The van der Waals surface area contributed by atoms with E-state index in [9.17, 15) is 18.3 Å². The average Bonchev–Trinajstić information content (AvgIpc) is 2.76. The fourth-order valence-electron chi connectivity index (χ4n) is 2.45. The number of alkyl halides is 3. The minimum Gasteiger partial charge on any atom is -0.392 e. The van der Waals surface area contributed by atoms with Gasteiger partial charge in [-0.15, -0.1) is 0 Å². The third kappa shape index (κ3) is 7.00. The number of rotatable bonds is 7. The van der Waals surface area contributed by atoms with Crippen LogP contribution in [0.25, 0.3) is 0 Å². The first-order valence-corrected chi connectivity index (χ1v) is 9.42. The summed E-state index contributed by atoms with van der Waals surface area (Å²) in [7, 11) is 0. The molecule has 31 heavy (non-hydrogen) atoms. The highest BCUT2D eigenvalue weighted by Crippen LogP contribution is 2.31. The molecule has 0 radical (unpaired) electrons. The summed E-state index contributed by atoms with van der Waals surface area (Å²) in [6.45, 7) is 2.17. The summed E-state index contributed by atoms with van der Waals surface area (Å²) >= 11 is 0. The van der Waals surface area contributed by atoms with Crippen molar-refractivity contribution in [2.24, 2.45) is 20.5 Å². The highest BCUT2D eigenvalue weighted by atomic mass is 19.4. The van der Waals surface area contributed by atoms with Gasteiger partial charge in [0.2, 0.25) is 0 Å². The van der Waals surface area contributed by atoms with Gasteiger partial charge in [0, 0.05) is 12.2 Å². The Bertz CT molecular complexity index is 1030. The maximum absolute atomic E-state index is 12.6. The molecule has 6 nitrogen and oxygen atoms in total. The van der Waals surface area contributed by atoms with E-state index >= 15 is 0 Å². The quantitative estimate of drug-likeness (QED) is 0.387. The number of halogens is 3. The van der Waals surface area contributed by atoms with Crippen molar-refractivity contribution < 1.29 is 18.3 Å². The lowest BCUT2D eigenvalue weighted by Gasteiger charge is -2.07. The first kappa shape index (κ1) is 22.1. The zero-order valence-corrected chi connectivity index (χ0v) is 16.6. The fourth-order valence-corrected chi connectivity index (χ4v) is 2.45. The Morgan fingerprint density at radius 2 is 1.06 bits per heavy atom. The van der Waals surface area contributed by atoms with Crippen LogP contribution in [-0.4, -0.2) is 17.8 Å². The van der Waals surface area contributed by atoms with Crippen molar-refractivity contribution in [3.8, 4) is 0 Å². The Balaban J connectivity index is 1.58. The van der Waals surface area contributed by atoms with Crippen LogP contribution in [0.2, 0.25) is 0 Å². The van der Waals surface area contributed by atoms with Gasteiger partial charge in [-0.3, -0.25) is 0 Å². The molecule has 0 aromatic heterocycles. The van der Waals surface area contributed by atoms with Gasteiger partial charge in [0.15, 0.2) is 0 Å². The Hall–Kier alpha value is -3.59. The molecule has 0 aliphatic heterocycles. The van der Waals surface area contributed by atoms with Crippen LogP contribution in [0.3, 0.4) is 0 Å². The molecule has 3 rings (SSSR count). The lowest BCUT2D eigenvalue weighted by atomic mass is 10.2. The molecule has 0 spiro atoms. The number of aliphatic hydroxyl groups is 1. The molecule has 0 amide bonds. The van der Waals surface area contributed by atoms with E-state index in [0.717, 1.165) is 17.8 Å². The van der Waals surface area contributed by atoms with Crippen molar-refractivity contribution in [2.75, 3.05) is 11.9 Å². The molecule has 1 unspecified atom stereocenters. The predicted molar refractivity (Wildman–Crippen MR) is 113 cm³/mol. The van der Waals surface area contributed by atoms with E-state index < -0.39 is 17.8 Å². The van der Waals surface area contributed by atoms with Gasteiger partial charge >= 0.3 is 6.18 Å². The summed E-state index contributed by atoms with van der Waals surface area (Å²) in [6.07, 6.45) is -4.81. The number of hydrogen-bond acceptors (Lipinski definition) is 6. The second kappa shape index (κ2) is 9.94. The molecule has 3 aromatic rings. The molecule has 1 atom stereocenters. The van der Waals surface area contributed by atoms with Gasteiger partial charge in [-0.05, 0) is 79.7 Å². The van der Waals surface area contributed by atoms with Crippen molar-refractivity contribution in [3.63, 3.8) is 0 Å². The second-order valence-corrected chi connectivity index (χ2v) is 6.74. The normalized spacial score (nSPS) is 13.1. The summed E-state index contributed by atoms with van der Waals surface area (Å²) in [5, 5.41) is 28.7. The monoisotopic (exact) mass is 427 g/mol. The van der Waals surface area contributed by atoms with E-state index in [4.69, 9.17) is 0 Å². The van der Waals surface area contributed by atoms with E-state index in [-0.39, 0.29) is 0 Å². The Labute approximate surface area is 177 Å². The summed E-state index contributed by atoms with van der Waals surface area (Å²) in [4.78, 5) is 0. The minimum absolute atomic E-state index is 0.322. The molecule has 9 heteroatoms. The Morgan fingerprint density at radius 1 is 0.710 bits per heavy atom. The van der Waals surface area contributed by atoms with E-state index in [2.05, 4.69) is 25.8 Å². The molecular formula is C22H20F3N5O. The third-order valence-electron chi connectivity index (χ3n) is 4.08. The topological polar surface area (TPSA) is 81.7 Å². The van der Waals surface area contributed by atoms with Crippen molar-refractivity contribution in [2.45, 2.75) is 19.2 Å². The molecule has 0 heterocycles. The average molecular weight is 427 g/mol. The number of benzene rings is 3. The summed E-state index contributed by atoms with van der Waals surface area (Å²) in [6, 6.07) is 18.6. The van der Waals surface area contributed by atoms with Gasteiger partial charge in [-0.2, -0.15) is 33.6 Å². The molecule has 0 saturated carbocycles. The van der Waals surface area contributed by atoms with Crippen molar-refractivity contribution in [1.82, 2.24) is 0 Å². The number of nitrogens with zero attached hydrogens (tertiary/aromatic N) is 4. The lowest BCUT2D eigenvalue weighted by molar-refractivity contribution is -0.137. The Morgan fingerprint density at radius 3 is 1.42 bits per heavy atom. The summed E-state index contributed by atoms with van der Waals surface area (Å²) in [5.74, 6) is 0. The molecule has 0 fully saturated rings. The van der Waals surface area contributed by atoms with Crippen molar-refractivity contribution in [1.29, 1.82) is 0 Å². The number of nitrogens with one attached hydrogen (secondary N) is 1. The first-order chi connectivity index (χ1) is 14.8. The zero-order valence-electron chi connectivity index (χ0n) is 16.6. The van der Waals surface area contributed by atoms with Gasteiger partial charge in [0.05, 0.1) is 34.4 Å². The fraction of sp³-hybridized carbons (Fsp3) is 0.182. The SMILES string of the molecule is CC(O)CNc1ccc(N=Nc2ccc(N=Nc3ccc(C(F)(F)F)cc3)cc2)cc1. The maximum atomic E-state index is 12.6. The standard InChI is InChI=1S/C22H20F3N5O/c1-15(31)14-26-17-6-8-19(9-7-17)28-30-21-12-10-20(11-13-21)29-27-18-4-2-16(3-5-18)22(23,24)25/h2-13,15,26,31H,14H2,1H3. The Kier molecular flexibility index (Phi) is 7.09. The molecule has 3 aromatic carbocycles. The molecule has 0 aliphatic carbocycles. The van der Waals surface area contributed by atoms with E-state index in [1.54, 1.807) is 43.3 Å².